The predicted molar refractivity (Wildman–Crippen MR) is 92.9 cm³/mol. The van der Waals surface area contributed by atoms with Gasteiger partial charge in [0.05, 0.1) is 4.88 Å². The van der Waals surface area contributed by atoms with Crippen molar-refractivity contribution in [2.24, 2.45) is 0 Å². The van der Waals surface area contributed by atoms with Crippen LogP contribution >= 0.6 is 23.6 Å². The number of thiazole rings is 1. The van der Waals surface area contributed by atoms with Crippen LogP contribution in [0.1, 0.15) is 16.0 Å². The first kappa shape index (κ1) is 15.6. The topological polar surface area (TPSA) is 65.5 Å². The highest BCUT2D eigenvalue weighted by Crippen LogP contribution is 2.30. The quantitative estimate of drug-likeness (QED) is 0.600. The molecule has 2 aromatic carbocycles. The molecule has 0 saturated heterocycles. The Hall–Kier alpha value is -2.31. The molecule has 3 N–H and O–H groups in total. The van der Waals surface area contributed by atoms with Gasteiger partial charge < -0.3 is 19.9 Å². The molecular formula is C17H15NO3S2. The SMILES string of the molecule is Oc1ccc(OCc2ccccc2)cc1Cc1sc(=S)[nH]c1O. The number of nitrogens with one attached hydrogen (secondary N) is 1. The second kappa shape index (κ2) is 6.85. The zero-order valence-electron chi connectivity index (χ0n) is 12.2. The summed E-state index contributed by atoms with van der Waals surface area (Å²) >= 11 is 6.30. The third kappa shape index (κ3) is 3.91. The first-order valence-corrected chi connectivity index (χ1v) is 8.24. The van der Waals surface area contributed by atoms with Crippen molar-refractivity contribution in [1.29, 1.82) is 0 Å². The minimum absolute atomic E-state index is 0.0509. The van der Waals surface area contributed by atoms with Crippen LogP contribution in [0.2, 0.25) is 0 Å². The third-order valence-electron chi connectivity index (χ3n) is 3.35. The molecule has 23 heavy (non-hydrogen) atoms. The van der Waals surface area contributed by atoms with E-state index in [1.807, 2.05) is 30.3 Å². The van der Waals surface area contributed by atoms with E-state index in [-0.39, 0.29) is 11.6 Å². The van der Waals surface area contributed by atoms with Crippen molar-refractivity contribution in [2.75, 3.05) is 0 Å². The molecule has 0 amide bonds. The molecule has 0 radical (unpaired) electrons. The van der Waals surface area contributed by atoms with Gasteiger partial charge >= 0.3 is 0 Å². The summed E-state index contributed by atoms with van der Waals surface area (Å²) in [6, 6.07) is 15.0. The first-order valence-electron chi connectivity index (χ1n) is 7.01. The lowest BCUT2D eigenvalue weighted by atomic mass is 10.1. The first-order chi connectivity index (χ1) is 11.1. The van der Waals surface area contributed by atoms with E-state index in [0.717, 1.165) is 5.56 Å². The lowest BCUT2D eigenvalue weighted by molar-refractivity contribution is 0.305. The molecule has 0 bridgehead atoms. The fourth-order valence-corrected chi connectivity index (χ4v) is 3.32. The maximum absolute atomic E-state index is 10.0. The minimum atomic E-state index is 0.0509. The molecule has 118 valence electrons. The number of benzene rings is 2. The standard InChI is InChI=1S/C17H15NO3S2/c19-14-7-6-13(21-10-11-4-2-1-3-5-11)8-12(14)9-15-16(20)18-17(22)23-15/h1-8,19-20H,9-10H2,(H,18,22). The average molecular weight is 345 g/mol. The number of aromatic hydroxyl groups is 2. The van der Waals surface area contributed by atoms with Gasteiger partial charge in [0.1, 0.15) is 18.1 Å². The average Bonchev–Trinajstić information content (AvgIpc) is 2.86. The highest BCUT2D eigenvalue weighted by Gasteiger charge is 2.10. The van der Waals surface area contributed by atoms with Gasteiger partial charge in [-0.05, 0) is 36.0 Å². The Bertz CT molecular complexity index is 856. The summed E-state index contributed by atoms with van der Waals surface area (Å²) in [6.45, 7) is 0.458. The molecule has 4 nitrogen and oxygen atoms in total. The number of aromatic amines is 1. The zero-order valence-corrected chi connectivity index (χ0v) is 13.8. The van der Waals surface area contributed by atoms with Crippen molar-refractivity contribution in [2.45, 2.75) is 13.0 Å². The van der Waals surface area contributed by atoms with Gasteiger partial charge in [-0.2, -0.15) is 0 Å². The van der Waals surface area contributed by atoms with Gasteiger partial charge in [0.2, 0.25) is 5.88 Å². The van der Waals surface area contributed by atoms with Crippen LogP contribution in [0, 0.1) is 3.95 Å². The van der Waals surface area contributed by atoms with E-state index in [2.05, 4.69) is 4.98 Å². The molecule has 0 saturated carbocycles. The third-order valence-corrected chi connectivity index (χ3v) is 4.57. The van der Waals surface area contributed by atoms with Crippen LogP contribution in [0.15, 0.2) is 48.5 Å². The van der Waals surface area contributed by atoms with Crippen LogP contribution in [0.4, 0.5) is 0 Å². The molecule has 0 aliphatic heterocycles. The van der Waals surface area contributed by atoms with Crippen LogP contribution in [0.5, 0.6) is 17.4 Å². The van der Waals surface area contributed by atoms with Gasteiger partial charge in [-0.3, -0.25) is 0 Å². The van der Waals surface area contributed by atoms with Crippen LogP contribution in [-0.4, -0.2) is 15.2 Å². The fourth-order valence-electron chi connectivity index (χ4n) is 2.18. The number of hydrogen-bond acceptors (Lipinski definition) is 5. The maximum atomic E-state index is 10.0. The van der Waals surface area contributed by atoms with Crippen molar-refractivity contribution < 1.29 is 14.9 Å². The fraction of sp³-hybridized carbons (Fsp3) is 0.118. The summed E-state index contributed by atoms with van der Waals surface area (Å²) < 4.78 is 6.27. The highest BCUT2D eigenvalue weighted by molar-refractivity contribution is 7.73. The molecular weight excluding hydrogens is 330 g/mol. The molecule has 0 atom stereocenters. The number of aromatic nitrogens is 1. The lowest BCUT2D eigenvalue weighted by Gasteiger charge is -2.09. The number of H-pyrrole nitrogens is 1. The Morgan fingerprint density at radius 1 is 1.09 bits per heavy atom. The lowest BCUT2D eigenvalue weighted by Crippen LogP contribution is -1.96. The summed E-state index contributed by atoms with van der Waals surface area (Å²) in [4.78, 5) is 3.37. The smallest absolute Gasteiger partial charge is 0.203 e. The Morgan fingerprint density at radius 2 is 1.87 bits per heavy atom. The van der Waals surface area contributed by atoms with Crippen LogP contribution in [-0.2, 0) is 13.0 Å². The monoisotopic (exact) mass is 345 g/mol. The Balaban J connectivity index is 1.76. The van der Waals surface area contributed by atoms with E-state index in [9.17, 15) is 10.2 Å². The molecule has 0 fully saturated rings. The number of phenolic OH excluding ortho intramolecular Hbond substituents is 1. The predicted octanol–water partition coefficient (Wildman–Crippen LogP) is 4.39. The van der Waals surface area contributed by atoms with Crippen molar-refractivity contribution in [3.63, 3.8) is 0 Å². The maximum Gasteiger partial charge on any atom is 0.203 e. The van der Waals surface area contributed by atoms with Crippen LogP contribution in [0.25, 0.3) is 0 Å². The van der Waals surface area contributed by atoms with E-state index < -0.39 is 0 Å². The van der Waals surface area contributed by atoms with Crippen molar-refractivity contribution in [3.05, 3.63) is 68.5 Å². The summed E-state index contributed by atoms with van der Waals surface area (Å²) in [5, 5.41) is 19.8. The van der Waals surface area contributed by atoms with Gasteiger partial charge in [-0.25, -0.2) is 0 Å². The van der Waals surface area contributed by atoms with Crippen LogP contribution in [0.3, 0.4) is 0 Å². The van der Waals surface area contributed by atoms with E-state index in [0.29, 0.717) is 33.2 Å². The number of ether oxygens (including phenoxy) is 1. The number of phenols is 1. The van der Waals surface area contributed by atoms with Gasteiger partial charge in [0.25, 0.3) is 0 Å². The normalized spacial score (nSPS) is 10.6. The highest BCUT2D eigenvalue weighted by atomic mass is 32.1. The van der Waals surface area contributed by atoms with Crippen molar-refractivity contribution >= 4 is 23.6 Å². The molecule has 3 rings (SSSR count). The zero-order chi connectivity index (χ0) is 16.2. The summed E-state index contributed by atoms with van der Waals surface area (Å²) in [5.41, 5.74) is 1.75. The Morgan fingerprint density at radius 3 is 2.57 bits per heavy atom. The number of rotatable bonds is 5. The largest absolute Gasteiger partial charge is 0.508 e. The minimum Gasteiger partial charge on any atom is -0.508 e. The van der Waals surface area contributed by atoms with Crippen LogP contribution < -0.4 is 4.74 Å². The van der Waals surface area contributed by atoms with Gasteiger partial charge in [-0.15, -0.1) is 11.3 Å². The van der Waals surface area contributed by atoms with E-state index >= 15 is 0 Å². The molecule has 0 spiro atoms. The molecule has 0 unspecified atom stereocenters. The summed E-state index contributed by atoms with van der Waals surface area (Å²) in [5.74, 6) is 0.881. The molecule has 1 heterocycles. The van der Waals surface area contributed by atoms with E-state index in [1.54, 1.807) is 18.2 Å². The van der Waals surface area contributed by atoms with Gasteiger partial charge in [0.15, 0.2) is 3.95 Å². The van der Waals surface area contributed by atoms with Crippen molar-refractivity contribution in [3.8, 4) is 17.4 Å². The summed E-state index contributed by atoms with van der Waals surface area (Å²) in [7, 11) is 0. The molecule has 0 aliphatic carbocycles. The van der Waals surface area contributed by atoms with Crippen molar-refractivity contribution in [1.82, 2.24) is 4.98 Å². The second-order valence-corrected chi connectivity index (χ2v) is 6.80. The Labute approximate surface area is 142 Å². The molecule has 6 heteroatoms. The van der Waals surface area contributed by atoms with E-state index in [1.165, 1.54) is 11.3 Å². The molecule has 0 aliphatic rings. The molecule has 3 aromatic rings. The Kier molecular flexibility index (Phi) is 4.64. The second-order valence-electron chi connectivity index (χ2n) is 5.03. The van der Waals surface area contributed by atoms with E-state index in [4.69, 9.17) is 17.0 Å². The number of hydrogen-bond donors (Lipinski definition) is 3. The van der Waals surface area contributed by atoms with Gasteiger partial charge in [0, 0.05) is 12.0 Å². The van der Waals surface area contributed by atoms with Gasteiger partial charge in [-0.1, -0.05) is 30.3 Å². The molecule has 1 aromatic heterocycles. The summed E-state index contributed by atoms with van der Waals surface area (Å²) in [6.07, 6.45) is 0.387.